The third-order valence-electron chi connectivity index (χ3n) is 4.88. The second-order valence-electron chi connectivity index (χ2n) is 8.03. The molecule has 0 spiro atoms. The number of halogens is 1. The molecule has 148 valence electrons. The smallest absolute Gasteiger partial charge is 0.262 e. The van der Waals surface area contributed by atoms with Crippen LogP contribution in [0.1, 0.15) is 40.5 Å². The van der Waals surface area contributed by atoms with Crippen molar-refractivity contribution in [2.45, 2.75) is 45.6 Å². The zero-order valence-corrected chi connectivity index (χ0v) is 19.2. The highest BCUT2D eigenvalue weighted by molar-refractivity contribution is 6.99. The molecule has 0 bridgehead atoms. The van der Waals surface area contributed by atoms with E-state index in [4.69, 9.17) is 16.0 Å². The molecule has 1 nitrogen and oxygen atoms in total. The molecule has 0 radical (unpaired) electrons. The molecular weight excluding hydrogens is 380 g/mol. The van der Waals surface area contributed by atoms with Crippen LogP contribution in [0.5, 0.6) is 0 Å². The first-order chi connectivity index (χ1) is 13.4. The lowest BCUT2D eigenvalue weighted by molar-refractivity contribution is 0.346. The summed E-state index contributed by atoms with van der Waals surface area (Å²) in [5, 5.41) is 2.56. The fourth-order valence-corrected chi connectivity index (χ4v) is 8.04. The van der Waals surface area contributed by atoms with Gasteiger partial charge in [0.05, 0.1) is 6.61 Å². The van der Waals surface area contributed by atoms with Gasteiger partial charge in [-0.05, 0) is 28.8 Å². The van der Waals surface area contributed by atoms with Gasteiger partial charge in [-0.15, -0.1) is 17.5 Å². The van der Waals surface area contributed by atoms with Gasteiger partial charge in [0.15, 0.2) is 0 Å². The molecule has 0 aliphatic heterocycles. The molecule has 0 saturated heterocycles. The van der Waals surface area contributed by atoms with Crippen molar-refractivity contribution in [2.24, 2.45) is 0 Å². The Hall–Kier alpha value is -1.79. The van der Waals surface area contributed by atoms with E-state index < -0.39 is 8.32 Å². The summed E-state index contributed by atoms with van der Waals surface area (Å²) in [5.41, 5.74) is 1.20. The van der Waals surface area contributed by atoms with Gasteiger partial charge in [0.1, 0.15) is 0 Å². The van der Waals surface area contributed by atoms with Gasteiger partial charge in [0.25, 0.3) is 8.32 Å². The summed E-state index contributed by atoms with van der Waals surface area (Å²) < 4.78 is 6.74. The second kappa shape index (κ2) is 10.7. The number of unbranched alkanes of at least 4 members (excludes halogenated alkanes) is 1. The Morgan fingerprint density at radius 2 is 1.50 bits per heavy atom. The van der Waals surface area contributed by atoms with Gasteiger partial charge in [-0.25, -0.2) is 0 Å². The first-order valence-electron chi connectivity index (χ1n) is 9.84. The van der Waals surface area contributed by atoms with E-state index in [-0.39, 0.29) is 5.04 Å². The van der Waals surface area contributed by atoms with E-state index in [0.717, 1.165) is 12.8 Å². The molecule has 28 heavy (non-hydrogen) atoms. The Morgan fingerprint density at radius 1 is 0.964 bits per heavy atom. The SMILES string of the molecule is C/C(=C\CCC#CCO[Si](c1ccccc1)(c1ccccc1)C(C)(C)C)CCl. The molecular formula is C25H31ClOSi. The van der Waals surface area contributed by atoms with Crippen molar-refractivity contribution in [1.29, 1.82) is 0 Å². The van der Waals surface area contributed by atoms with E-state index in [0.29, 0.717) is 12.5 Å². The largest absolute Gasteiger partial charge is 0.396 e. The summed E-state index contributed by atoms with van der Waals surface area (Å²) in [7, 11) is -2.47. The summed E-state index contributed by atoms with van der Waals surface area (Å²) in [4.78, 5) is 0. The molecule has 0 aliphatic carbocycles. The molecule has 0 atom stereocenters. The van der Waals surface area contributed by atoms with Gasteiger partial charge in [0, 0.05) is 12.3 Å². The van der Waals surface area contributed by atoms with E-state index in [9.17, 15) is 0 Å². The summed E-state index contributed by atoms with van der Waals surface area (Å²) in [6.07, 6.45) is 3.92. The molecule has 0 aromatic heterocycles. The first kappa shape index (κ1) is 22.5. The highest BCUT2D eigenvalue weighted by atomic mass is 35.5. The molecule has 0 saturated carbocycles. The minimum Gasteiger partial charge on any atom is -0.396 e. The van der Waals surface area contributed by atoms with Crippen LogP contribution in [-0.4, -0.2) is 20.8 Å². The molecule has 2 aromatic carbocycles. The molecule has 2 rings (SSSR count). The van der Waals surface area contributed by atoms with Crippen molar-refractivity contribution >= 4 is 30.3 Å². The van der Waals surface area contributed by atoms with Gasteiger partial charge in [-0.1, -0.05) is 99.0 Å². The molecule has 0 aliphatic rings. The third-order valence-corrected chi connectivity index (χ3v) is 10.3. The molecule has 0 heterocycles. The molecule has 0 amide bonds. The van der Waals surface area contributed by atoms with Gasteiger partial charge >= 0.3 is 0 Å². The number of allylic oxidation sites excluding steroid dienone is 2. The number of alkyl halides is 1. The maximum absolute atomic E-state index is 6.74. The van der Waals surface area contributed by atoms with Gasteiger partial charge in [0.2, 0.25) is 0 Å². The first-order valence-corrected chi connectivity index (χ1v) is 12.3. The highest BCUT2D eigenvalue weighted by Gasteiger charge is 2.49. The molecule has 0 N–H and O–H groups in total. The van der Waals surface area contributed by atoms with E-state index >= 15 is 0 Å². The van der Waals surface area contributed by atoms with Crippen molar-refractivity contribution in [2.75, 3.05) is 12.5 Å². The standard InChI is InChI=1S/C25H31ClOSi/c1-22(21-26)15-9-5-6-14-20-27-28(25(2,3)4,23-16-10-7-11-17-23)24-18-12-8-13-19-24/h7-8,10-13,15-19H,5,9,20-21H2,1-4H3/b22-15+. The Balaban J connectivity index is 2.28. The lowest BCUT2D eigenvalue weighted by atomic mass is 10.2. The van der Waals surface area contributed by atoms with Crippen LogP contribution in [0.2, 0.25) is 5.04 Å². The summed E-state index contributed by atoms with van der Waals surface area (Å²) in [6, 6.07) is 21.4. The predicted molar refractivity (Wildman–Crippen MR) is 125 cm³/mol. The van der Waals surface area contributed by atoms with Gasteiger partial charge in [-0.3, -0.25) is 0 Å². The maximum atomic E-state index is 6.74. The molecule has 2 aromatic rings. The summed E-state index contributed by atoms with van der Waals surface area (Å²) >= 11 is 5.80. The van der Waals surface area contributed by atoms with Crippen molar-refractivity contribution in [1.82, 2.24) is 0 Å². The molecule has 0 unspecified atom stereocenters. The van der Waals surface area contributed by atoms with Crippen LogP contribution in [0.25, 0.3) is 0 Å². The van der Waals surface area contributed by atoms with Crippen LogP contribution in [0.15, 0.2) is 72.3 Å². The normalized spacial score (nSPS) is 12.4. The number of hydrogen-bond acceptors (Lipinski definition) is 1. The fourth-order valence-electron chi connectivity index (χ4n) is 3.49. The third kappa shape index (κ3) is 5.61. The van der Waals surface area contributed by atoms with E-state index in [1.807, 2.05) is 6.92 Å². The Labute approximate surface area is 176 Å². The zero-order chi connectivity index (χ0) is 20.5. The molecule has 0 fully saturated rings. The van der Waals surface area contributed by atoms with Gasteiger partial charge in [-0.2, -0.15) is 0 Å². The maximum Gasteiger partial charge on any atom is 0.262 e. The van der Waals surface area contributed by atoms with E-state index in [1.165, 1.54) is 15.9 Å². The monoisotopic (exact) mass is 410 g/mol. The van der Waals surface area contributed by atoms with Crippen LogP contribution in [-0.2, 0) is 4.43 Å². The average Bonchev–Trinajstić information content (AvgIpc) is 2.70. The van der Waals surface area contributed by atoms with Crippen LogP contribution in [0.3, 0.4) is 0 Å². The van der Waals surface area contributed by atoms with E-state index in [2.05, 4.69) is 99.4 Å². The van der Waals surface area contributed by atoms with Crippen LogP contribution in [0.4, 0.5) is 0 Å². The van der Waals surface area contributed by atoms with E-state index in [1.54, 1.807) is 0 Å². The lowest BCUT2D eigenvalue weighted by Gasteiger charge is -2.42. The van der Waals surface area contributed by atoms with Crippen LogP contribution < -0.4 is 10.4 Å². The molecule has 3 heteroatoms. The quantitative estimate of drug-likeness (QED) is 0.191. The fraction of sp³-hybridized carbons (Fsp3) is 0.360. The minimum atomic E-state index is -2.47. The van der Waals surface area contributed by atoms with Crippen molar-refractivity contribution in [3.8, 4) is 11.8 Å². The predicted octanol–water partition coefficient (Wildman–Crippen LogP) is 5.53. The van der Waals surface area contributed by atoms with Crippen molar-refractivity contribution < 1.29 is 4.43 Å². The van der Waals surface area contributed by atoms with Crippen molar-refractivity contribution in [3.05, 3.63) is 72.3 Å². The number of hydrogen-bond donors (Lipinski definition) is 0. The Kier molecular flexibility index (Phi) is 8.57. The average molecular weight is 411 g/mol. The number of benzene rings is 2. The summed E-state index contributed by atoms with van der Waals surface area (Å²) in [5.74, 6) is 7.08. The zero-order valence-electron chi connectivity index (χ0n) is 17.5. The number of rotatable bonds is 7. The van der Waals surface area contributed by atoms with Gasteiger partial charge < -0.3 is 4.43 Å². The van der Waals surface area contributed by atoms with Crippen LogP contribution >= 0.6 is 11.6 Å². The lowest BCUT2D eigenvalue weighted by Crippen LogP contribution is -2.66. The summed E-state index contributed by atoms with van der Waals surface area (Å²) in [6.45, 7) is 9.35. The topological polar surface area (TPSA) is 9.23 Å². The van der Waals surface area contributed by atoms with Crippen LogP contribution in [0, 0.1) is 11.8 Å². The Bertz CT molecular complexity index is 771. The minimum absolute atomic E-state index is 0.0163. The Morgan fingerprint density at radius 3 is 1.96 bits per heavy atom. The highest BCUT2D eigenvalue weighted by Crippen LogP contribution is 2.36. The second-order valence-corrected chi connectivity index (χ2v) is 12.6. The van der Waals surface area contributed by atoms with Crippen molar-refractivity contribution in [3.63, 3.8) is 0 Å².